The summed E-state index contributed by atoms with van der Waals surface area (Å²) < 4.78 is 36.7. The first kappa shape index (κ1) is 6.30. The van der Waals surface area contributed by atoms with Gasteiger partial charge in [-0.25, -0.2) is 0 Å². The fraction of sp³-hybridized carbons (Fsp3) is 0.385. The number of hydrogen-bond donors (Lipinski definition) is 2. The number of H-pyrrole nitrogens is 1. The van der Waals surface area contributed by atoms with E-state index < -0.39 is 18.9 Å². The van der Waals surface area contributed by atoms with Gasteiger partial charge in [0.2, 0.25) is 0 Å². The Kier molecular flexibility index (Phi) is 1.51. The van der Waals surface area contributed by atoms with Crippen molar-refractivity contribution in [3.63, 3.8) is 0 Å². The number of methoxy groups -OCH3 is 1. The number of hydrogen-bond acceptors (Lipinski definition) is 2. The fourth-order valence-corrected chi connectivity index (χ4v) is 2.07. The van der Waals surface area contributed by atoms with Crippen LogP contribution in [0.25, 0.3) is 10.9 Å². The number of ether oxygens (including phenoxy) is 1. The van der Waals surface area contributed by atoms with E-state index in [1.54, 1.807) is 13.3 Å². The lowest BCUT2D eigenvalue weighted by molar-refractivity contribution is 0.415. The van der Waals surface area contributed by atoms with E-state index in [0.29, 0.717) is 5.75 Å². The molecule has 0 spiro atoms. The zero-order valence-electron chi connectivity index (χ0n) is 13.0. The Bertz CT molecular complexity index is 653. The summed E-state index contributed by atoms with van der Waals surface area (Å²) in [7, 11) is 1.59. The molecule has 0 bridgehead atoms. The molecule has 2 N–H and O–H groups in total. The van der Waals surface area contributed by atoms with Gasteiger partial charge in [-0.2, -0.15) is 0 Å². The normalized spacial score (nSPS) is 30.4. The van der Waals surface area contributed by atoms with Crippen LogP contribution in [0.2, 0.25) is 0 Å². The average Bonchev–Trinajstić information content (AvgIpc) is 2.85. The van der Waals surface area contributed by atoms with Crippen molar-refractivity contribution in [2.24, 2.45) is 0 Å². The highest BCUT2D eigenvalue weighted by molar-refractivity contribution is 5.85. The van der Waals surface area contributed by atoms with E-state index >= 15 is 0 Å². The van der Waals surface area contributed by atoms with Crippen molar-refractivity contribution in [1.82, 2.24) is 10.3 Å². The quantitative estimate of drug-likeness (QED) is 0.814. The van der Waals surface area contributed by atoms with Crippen molar-refractivity contribution in [3.8, 4) is 5.75 Å². The second-order valence-corrected chi connectivity index (χ2v) is 3.86. The molecule has 1 aromatic heterocycles. The summed E-state index contributed by atoms with van der Waals surface area (Å²) >= 11 is 0. The molecule has 16 heavy (non-hydrogen) atoms. The molecule has 1 aliphatic heterocycles. The van der Waals surface area contributed by atoms with Crippen molar-refractivity contribution in [2.75, 3.05) is 20.1 Å². The summed E-state index contributed by atoms with van der Waals surface area (Å²) in [5.74, 6) is 0.159. The van der Waals surface area contributed by atoms with Crippen LogP contribution < -0.4 is 10.1 Å². The minimum atomic E-state index is -1.78. The number of aromatic amines is 1. The molecule has 1 aliphatic rings. The lowest BCUT2D eigenvalue weighted by Crippen LogP contribution is -2.07. The third-order valence-corrected chi connectivity index (χ3v) is 2.94. The van der Waals surface area contributed by atoms with Gasteiger partial charge >= 0.3 is 0 Å². The highest BCUT2D eigenvalue weighted by Crippen LogP contribution is 2.31. The third-order valence-electron chi connectivity index (χ3n) is 2.94. The molecule has 2 heterocycles. The summed E-state index contributed by atoms with van der Waals surface area (Å²) in [4.78, 5) is 3.11. The molecular formula is C13H16N2O. The van der Waals surface area contributed by atoms with E-state index in [1.165, 1.54) is 0 Å². The van der Waals surface area contributed by atoms with Gasteiger partial charge in [-0.1, -0.05) is 0 Å². The maximum Gasteiger partial charge on any atom is 0.119 e. The largest absolute Gasteiger partial charge is 0.497 e. The molecule has 3 rings (SSSR count). The van der Waals surface area contributed by atoms with E-state index in [1.807, 2.05) is 18.2 Å². The van der Waals surface area contributed by atoms with Crippen LogP contribution in [0.3, 0.4) is 0 Å². The van der Waals surface area contributed by atoms with Gasteiger partial charge in [-0.3, -0.25) is 0 Å². The van der Waals surface area contributed by atoms with E-state index in [2.05, 4.69) is 10.3 Å². The highest BCUT2D eigenvalue weighted by Gasteiger charge is 2.19. The summed E-state index contributed by atoms with van der Waals surface area (Å²) in [6.07, 6.45) is 1.86. The van der Waals surface area contributed by atoms with Crippen molar-refractivity contribution >= 4 is 10.9 Å². The topological polar surface area (TPSA) is 37.0 Å². The van der Waals surface area contributed by atoms with E-state index in [4.69, 9.17) is 10.2 Å². The van der Waals surface area contributed by atoms with E-state index in [0.717, 1.165) is 16.5 Å². The molecule has 3 heteroatoms. The zero-order chi connectivity index (χ0) is 14.5. The zero-order valence-corrected chi connectivity index (χ0v) is 9.00. The Balaban J connectivity index is 2.10. The van der Waals surface area contributed by atoms with Gasteiger partial charge in [0, 0.05) is 29.1 Å². The first-order chi connectivity index (χ1) is 9.32. The van der Waals surface area contributed by atoms with Crippen LogP contribution >= 0.6 is 0 Å². The minimum absolute atomic E-state index is 0.101. The third kappa shape index (κ3) is 1.48. The Morgan fingerprint density at radius 2 is 2.44 bits per heavy atom. The summed E-state index contributed by atoms with van der Waals surface area (Å²) in [6.45, 7) is -3.47. The van der Waals surface area contributed by atoms with Crippen LogP contribution in [-0.2, 0) is 0 Å². The van der Waals surface area contributed by atoms with Crippen molar-refractivity contribution in [3.05, 3.63) is 30.0 Å². The van der Waals surface area contributed by atoms with E-state index in [9.17, 15) is 0 Å². The van der Waals surface area contributed by atoms with E-state index in [-0.39, 0.29) is 6.42 Å². The standard InChI is InChI=1S/C13H16N2O/c1-16-10-2-3-13-11(6-10)12(8-15-13)9-4-5-14-7-9/h2-3,6,8-9,14-15H,4-5,7H2,1H3/t9-/m1/s1/i5D2,7D2. The highest BCUT2D eigenvalue weighted by atomic mass is 16.5. The Morgan fingerprint density at radius 1 is 1.50 bits per heavy atom. The van der Waals surface area contributed by atoms with Gasteiger partial charge in [-0.05, 0) is 42.6 Å². The molecule has 0 saturated carbocycles. The maximum atomic E-state index is 8.02. The van der Waals surface area contributed by atoms with Crippen LogP contribution in [0.4, 0.5) is 0 Å². The average molecular weight is 220 g/mol. The lowest BCUT2D eigenvalue weighted by Gasteiger charge is -2.07. The van der Waals surface area contributed by atoms with Crippen molar-refractivity contribution < 1.29 is 10.2 Å². The molecular weight excluding hydrogens is 200 g/mol. The molecule has 1 fully saturated rings. The molecule has 1 atom stereocenters. The second-order valence-electron chi connectivity index (χ2n) is 3.86. The Hall–Kier alpha value is -1.48. The van der Waals surface area contributed by atoms with Gasteiger partial charge in [-0.15, -0.1) is 0 Å². The molecule has 0 amide bonds. The number of rotatable bonds is 2. The van der Waals surface area contributed by atoms with Crippen LogP contribution in [0, 0.1) is 0 Å². The molecule has 0 aliphatic carbocycles. The number of fused-ring (bicyclic) bond motifs is 1. The number of benzene rings is 1. The SMILES string of the molecule is [2H]C1([2H])C[C@@H](c2c[nH]c3ccc(OC)cc23)C([2H])([2H])N1. The molecule has 1 saturated heterocycles. The molecule has 0 radical (unpaired) electrons. The Morgan fingerprint density at radius 3 is 3.19 bits per heavy atom. The predicted molar refractivity (Wildman–Crippen MR) is 65.1 cm³/mol. The van der Waals surface area contributed by atoms with Crippen LogP contribution in [0.1, 0.15) is 23.4 Å². The second kappa shape index (κ2) is 3.83. The van der Waals surface area contributed by atoms with Gasteiger partial charge in [0.05, 0.1) is 7.11 Å². The first-order valence-electron chi connectivity index (χ1n) is 7.27. The Labute approximate surface area is 100 Å². The van der Waals surface area contributed by atoms with Crippen LogP contribution in [0.15, 0.2) is 24.4 Å². The maximum absolute atomic E-state index is 8.02. The summed E-state index contributed by atoms with van der Waals surface area (Å²) in [6, 6.07) is 5.57. The van der Waals surface area contributed by atoms with Gasteiger partial charge in [0.1, 0.15) is 5.75 Å². The summed E-state index contributed by atoms with van der Waals surface area (Å²) in [5.41, 5.74) is 1.67. The molecule has 3 nitrogen and oxygen atoms in total. The molecule has 0 unspecified atom stereocenters. The van der Waals surface area contributed by atoms with Gasteiger partial charge in [0.25, 0.3) is 0 Å². The lowest BCUT2D eigenvalue weighted by atomic mass is 9.98. The van der Waals surface area contributed by atoms with Gasteiger partial charge in [0.15, 0.2) is 0 Å². The first-order valence-corrected chi connectivity index (χ1v) is 5.27. The van der Waals surface area contributed by atoms with Gasteiger partial charge < -0.3 is 15.0 Å². The van der Waals surface area contributed by atoms with Crippen molar-refractivity contribution in [1.29, 1.82) is 0 Å². The van der Waals surface area contributed by atoms with Crippen molar-refractivity contribution in [2.45, 2.75) is 12.3 Å². The van der Waals surface area contributed by atoms with Crippen LogP contribution in [0.5, 0.6) is 5.75 Å². The molecule has 2 aromatic rings. The fourth-order valence-electron chi connectivity index (χ4n) is 2.07. The number of aromatic nitrogens is 1. The monoisotopic (exact) mass is 220 g/mol. The van der Waals surface area contributed by atoms with Crippen LogP contribution in [-0.4, -0.2) is 25.1 Å². The smallest absolute Gasteiger partial charge is 0.119 e. The molecule has 84 valence electrons. The molecule has 1 aromatic carbocycles. The minimum Gasteiger partial charge on any atom is -0.497 e. The number of nitrogens with one attached hydrogen (secondary N) is 2. The summed E-state index contributed by atoms with van der Waals surface area (Å²) in [5, 5.41) is 3.30. The predicted octanol–water partition coefficient (Wildman–Crippen LogP) is 2.25.